The van der Waals surface area contributed by atoms with Crippen molar-refractivity contribution in [2.45, 2.75) is 26.2 Å². The number of benzene rings is 1. The van der Waals surface area contributed by atoms with Crippen LogP contribution in [0.3, 0.4) is 0 Å². The van der Waals surface area contributed by atoms with Gasteiger partial charge in [0.1, 0.15) is 0 Å². The number of hydrogen-bond donors (Lipinski definition) is 1. The number of fused-ring (bicyclic) bond motifs is 1. The highest BCUT2D eigenvalue weighted by atomic mass is 16.5. The number of ether oxygens (including phenoxy) is 1. The summed E-state index contributed by atoms with van der Waals surface area (Å²) < 4.78 is 6.27. The summed E-state index contributed by atoms with van der Waals surface area (Å²) >= 11 is 0. The van der Waals surface area contributed by atoms with Crippen LogP contribution in [0.4, 0.5) is 0 Å². The minimum absolute atomic E-state index is 0.0641. The number of rotatable bonds is 7. The monoisotopic (exact) mass is 303 g/mol. The highest BCUT2D eigenvalue weighted by Crippen LogP contribution is 2.16. The van der Waals surface area contributed by atoms with Gasteiger partial charge in [0.25, 0.3) is 0 Å². The molecule has 0 fully saturated rings. The van der Waals surface area contributed by atoms with E-state index in [2.05, 4.69) is 10.4 Å². The molecule has 2 aromatic rings. The first-order chi connectivity index (χ1) is 10.6. The van der Waals surface area contributed by atoms with Gasteiger partial charge in [-0.05, 0) is 25.5 Å². The van der Waals surface area contributed by atoms with Gasteiger partial charge in [0.2, 0.25) is 11.8 Å². The standard InChI is InChI=1S/C16H21N3O3/c1-12-6-7-14-13(10-12)11-18-19(14)16(21)5-3-4-15(20)17-8-9-22-2/h6-7,10-11H,3-5,8-9H2,1-2H3,(H,17,20). The Labute approximate surface area is 129 Å². The van der Waals surface area contributed by atoms with Crippen LogP contribution < -0.4 is 5.32 Å². The SMILES string of the molecule is COCCNC(=O)CCCC(=O)n1ncc2cc(C)ccc21. The van der Waals surface area contributed by atoms with Gasteiger partial charge >= 0.3 is 0 Å². The molecular weight excluding hydrogens is 282 g/mol. The van der Waals surface area contributed by atoms with Gasteiger partial charge in [-0.2, -0.15) is 5.10 Å². The second-order valence-electron chi connectivity index (χ2n) is 5.21. The molecule has 0 atom stereocenters. The summed E-state index contributed by atoms with van der Waals surface area (Å²) in [6.45, 7) is 2.98. The molecule has 1 heterocycles. The molecule has 0 saturated heterocycles. The fourth-order valence-corrected chi connectivity index (χ4v) is 2.24. The molecule has 1 aromatic carbocycles. The van der Waals surface area contributed by atoms with Crippen LogP contribution in [0.2, 0.25) is 0 Å². The lowest BCUT2D eigenvalue weighted by molar-refractivity contribution is -0.121. The van der Waals surface area contributed by atoms with Crippen LogP contribution in [0.1, 0.15) is 29.6 Å². The van der Waals surface area contributed by atoms with Crippen LogP contribution in [-0.4, -0.2) is 41.9 Å². The van der Waals surface area contributed by atoms with Crippen molar-refractivity contribution in [3.05, 3.63) is 30.0 Å². The zero-order valence-corrected chi connectivity index (χ0v) is 13.0. The number of aryl methyl sites for hydroxylation is 1. The van der Waals surface area contributed by atoms with Gasteiger partial charge in [0.15, 0.2) is 0 Å². The Morgan fingerprint density at radius 1 is 1.32 bits per heavy atom. The third kappa shape index (κ3) is 4.14. The average molecular weight is 303 g/mol. The van der Waals surface area contributed by atoms with Crippen molar-refractivity contribution < 1.29 is 14.3 Å². The molecule has 1 N–H and O–H groups in total. The van der Waals surface area contributed by atoms with Crippen molar-refractivity contribution in [2.75, 3.05) is 20.3 Å². The number of hydrogen-bond acceptors (Lipinski definition) is 4. The molecule has 2 rings (SSSR count). The molecule has 0 aliphatic heterocycles. The summed E-state index contributed by atoms with van der Waals surface area (Å²) in [4.78, 5) is 23.7. The third-order valence-corrected chi connectivity index (χ3v) is 3.38. The Kier molecular flexibility index (Phi) is 5.66. The second-order valence-corrected chi connectivity index (χ2v) is 5.21. The Bertz CT molecular complexity index is 664. The minimum atomic E-state index is -0.0939. The maximum Gasteiger partial charge on any atom is 0.247 e. The Balaban J connectivity index is 1.85. The van der Waals surface area contributed by atoms with Crippen molar-refractivity contribution in [1.82, 2.24) is 15.1 Å². The summed E-state index contributed by atoms with van der Waals surface area (Å²) in [5.74, 6) is -0.158. The Hall–Kier alpha value is -2.21. The van der Waals surface area contributed by atoms with E-state index >= 15 is 0 Å². The summed E-state index contributed by atoms with van der Waals surface area (Å²) in [5, 5.41) is 7.82. The van der Waals surface area contributed by atoms with E-state index < -0.39 is 0 Å². The number of aromatic nitrogens is 2. The average Bonchev–Trinajstić information content (AvgIpc) is 2.90. The summed E-state index contributed by atoms with van der Waals surface area (Å²) in [6, 6.07) is 5.85. The molecule has 0 radical (unpaired) electrons. The lowest BCUT2D eigenvalue weighted by Crippen LogP contribution is -2.26. The van der Waals surface area contributed by atoms with Crippen molar-refractivity contribution in [2.24, 2.45) is 0 Å². The van der Waals surface area contributed by atoms with Gasteiger partial charge in [0, 0.05) is 31.9 Å². The van der Waals surface area contributed by atoms with Gasteiger partial charge in [0.05, 0.1) is 18.3 Å². The second kappa shape index (κ2) is 7.70. The Morgan fingerprint density at radius 3 is 2.91 bits per heavy atom. The first kappa shape index (κ1) is 16.2. The van der Waals surface area contributed by atoms with Crippen molar-refractivity contribution in [3.8, 4) is 0 Å². The van der Waals surface area contributed by atoms with E-state index in [1.54, 1.807) is 13.3 Å². The quantitative estimate of drug-likeness (QED) is 0.793. The van der Waals surface area contributed by atoms with E-state index in [1.165, 1.54) is 4.68 Å². The maximum absolute atomic E-state index is 12.2. The molecule has 6 nitrogen and oxygen atoms in total. The Morgan fingerprint density at radius 2 is 2.14 bits per heavy atom. The molecule has 6 heteroatoms. The number of methoxy groups -OCH3 is 1. The first-order valence-corrected chi connectivity index (χ1v) is 7.35. The number of amides is 1. The lowest BCUT2D eigenvalue weighted by atomic mass is 10.2. The minimum Gasteiger partial charge on any atom is -0.383 e. The van der Waals surface area contributed by atoms with E-state index in [0.717, 1.165) is 16.5 Å². The highest BCUT2D eigenvalue weighted by molar-refractivity contribution is 5.91. The van der Waals surface area contributed by atoms with E-state index in [0.29, 0.717) is 32.4 Å². The van der Waals surface area contributed by atoms with E-state index in [-0.39, 0.29) is 11.8 Å². The molecule has 0 saturated carbocycles. The van der Waals surface area contributed by atoms with E-state index in [4.69, 9.17) is 4.74 Å². The van der Waals surface area contributed by atoms with Crippen LogP contribution in [0.5, 0.6) is 0 Å². The number of nitrogens with zero attached hydrogens (tertiary/aromatic N) is 2. The van der Waals surface area contributed by atoms with Gasteiger partial charge in [-0.3, -0.25) is 9.59 Å². The van der Waals surface area contributed by atoms with Crippen molar-refractivity contribution in [3.63, 3.8) is 0 Å². The van der Waals surface area contributed by atoms with Crippen LogP contribution in [0, 0.1) is 6.92 Å². The van der Waals surface area contributed by atoms with Gasteiger partial charge in [-0.25, -0.2) is 4.68 Å². The molecule has 0 unspecified atom stereocenters. The van der Waals surface area contributed by atoms with Gasteiger partial charge < -0.3 is 10.1 Å². The molecule has 0 bridgehead atoms. The van der Waals surface area contributed by atoms with Crippen LogP contribution in [0.25, 0.3) is 10.9 Å². The normalized spacial score (nSPS) is 10.8. The van der Waals surface area contributed by atoms with E-state index in [1.807, 2.05) is 25.1 Å². The van der Waals surface area contributed by atoms with Crippen molar-refractivity contribution >= 4 is 22.7 Å². The van der Waals surface area contributed by atoms with Crippen LogP contribution in [-0.2, 0) is 9.53 Å². The summed E-state index contributed by atoms with van der Waals surface area (Å²) in [6.07, 6.45) is 2.82. The third-order valence-electron chi connectivity index (χ3n) is 3.38. The number of carbonyl (C=O) groups excluding carboxylic acids is 2. The van der Waals surface area contributed by atoms with Crippen LogP contribution in [0.15, 0.2) is 24.4 Å². The van der Waals surface area contributed by atoms with Gasteiger partial charge in [-0.15, -0.1) is 0 Å². The number of nitrogens with one attached hydrogen (secondary N) is 1. The summed E-state index contributed by atoms with van der Waals surface area (Å²) in [7, 11) is 1.58. The summed E-state index contributed by atoms with van der Waals surface area (Å²) in [5.41, 5.74) is 1.94. The highest BCUT2D eigenvalue weighted by Gasteiger charge is 2.11. The molecule has 1 aromatic heterocycles. The predicted molar refractivity (Wildman–Crippen MR) is 83.8 cm³/mol. The number of carbonyl (C=O) groups is 2. The molecular formula is C16H21N3O3. The lowest BCUT2D eigenvalue weighted by Gasteiger charge is -2.05. The first-order valence-electron chi connectivity index (χ1n) is 7.35. The maximum atomic E-state index is 12.2. The molecule has 1 amide bonds. The zero-order chi connectivity index (χ0) is 15.9. The zero-order valence-electron chi connectivity index (χ0n) is 13.0. The largest absolute Gasteiger partial charge is 0.383 e. The predicted octanol–water partition coefficient (Wildman–Crippen LogP) is 1.92. The smallest absolute Gasteiger partial charge is 0.247 e. The fourth-order valence-electron chi connectivity index (χ4n) is 2.24. The van der Waals surface area contributed by atoms with Gasteiger partial charge in [-0.1, -0.05) is 11.6 Å². The van der Waals surface area contributed by atoms with Crippen LogP contribution >= 0.6 is 0 Å². The molecule has 118 valence electrons. The van der Waals surface area contributed by atoms with E-state index in [9.17, 15) is 9.59 Å². The van der Waals surface area contributed by atoms with Crippen molar-refractivity contribution in [1.29, 1.82) is 0 Å². The topological polar surface area (TPSA) is 73.2 Å². The molecule has 0 aliphatic carbocycles. The fraction of sp³-hybridized carbons (Fsp3) is 0.438. The molecule has 0 spiro atoms. The molecule has 0 aliphatic rings. The molecule has 22 heavy (non-hydrogen) atoms.